The highest BCUT2D eigenvalue weighted by molar-refractivity contribution is 5.81. The summed E-state index contributed by atoms with van der Waals surface area (Å²) >= 11 is 0. The molecule has 0 radical (unpaired) electrons. The lowest BCUT2D eigenvalue weighted by Gasteiger charge is -2.15. The van der Waals surface area contributed by atoms with Crippen LogP contribution in [0.3, 0.4) is 0 Å². The number of hydrogen-bond acceptors (Lipinski definition) is 5. The maximum absolute atomic E-state index is 11.4. The summed E-state index contributed by atoms with van der Waals surface area (Å²) in [4.78, 5) is 22.8. The van der Waals surface area contributed by atoms with Gasteiger partial charge in [-0.2, -0.15) is 0 Å². The van der Waals surface area contributed by atoms with Gasteiger partial charge in [0, 0.05) is 25.0 Å². The Hall–Kier alpha value is -2.82. The topological polar surface area (TPSA) is 65.7 Å². The molecule has 0 spiro atoms. The molecular formula is C18H20O5. The van der Waals surface area contributed by atoms with E-state index in [9.17, 15) is 9.59 Å². The first-order valence-electron chi connectivity index (χ1n) is 7.03. The molecule has 0 aliphatic rings. The van der Waals surface area contributed by atoms with E-state index in [4.69, 9.17) is 13.9 Å². The van der Waals surface area contributed by atoms with Gasteiger partial charge in [0.25, 0.3) is 0 Å². The van der Waals surface area contributed by atoms with E-state index in [0.717, 1.165) is 12.2 Å². The number of ether oxygens (including phenoxy) is 2. The highest BCUT2D eigenvalue weighted by atomic mass is 16.6. The second-order valence-electron chi connectivity index (χ2n) is 4.55. The van der Waals surface area contributed by atoms with Gasteiger partial charge in [-0.1, -0.05) is 25.3 Å². The van der Waals surface area contributed by atoms with Gasteiger partial charge in [-0.15, -0.1) is 13.2 Å². The zero-order chi connectivity index (χ0) is 17.2. The van der Waals surface area contributed by atoms with Crippen LogP contribution in [0.5, 0.6) is 0 Å². The fourth-order valence-corrected chi connectivity index (χ4v) is 1.84. The fraction of sp³-hybridized carbons (Fsp3) is 0.222. The third kappa shape index (κ3) is 5.47. The van der Waals surface area contributed by atoms with Crippen molar-refractivity contribution in [1.29, 1.82) is 0 Å². The Balaban J connectivity index is 2.97. The Morgan fingerprint density at radius 3 is 1.61 bits per heavy atom. The van der Waals surface area contributed by atoms with Gasteiger partial charge in [0.2, 0.25) is 0 Å². The second-order valence-corrected chi connectivity index (χ2v) is 4.55. The van der Waals surface area contributed by atoms with Crippen LogP contribution in [-0.2, 0) is 19.1 Å². The largest absolute Gasteiger partial charge is 0.458 e. The van der Waals surface area contributed by atoms with Gasteiger partial charge < -0.3 is 13.9 Å². The summed E-state index contributed by atoms with van der Waals surface area (Å²) in [5, 5.41) is 0. The number of carbonyl (C=O) groups is 2. The number of hydrogen-bond donors (Lipinski definition) is 0. The summed E-state index contributed by atoms with van der Waals surface area (Å²) in [5.74, 6) is -0.260. The minimum atomic E-state index is -0.619. The summed E-state index contributed by atoms with van der Waals surface area (Å²) in [7, 11) is 0. The summed E-state index contributed by atoms with van der Waals surface area (Å²) < 4.78 is 16.1. The van der Waals surface area contributed by atoms with Gasteiger partial charge in [-0.05, 0) is 12.1 Å². The standard InChI is InChI=1S/C18H20O5/c1-5-9-13(22-17(19)7-3)15-11-12-16(21-15)14(10-6-2)23-18(20)8-4/h5-8,11-14H,1-4,9-10H2. The first-order chi connectivity index (χ1) is 11.0. The van der Waals surface area contributed by atoms with Gasteiger partial charge in [0.05, 0.1) is 0 Å². The zero-order valence-corrected chi connectivity index (χ0v) is 12.9. The Labute approximate surface area is 135 Å². The van der Waals surface area contributed by atoms with Crippen molar-refractivity contribution in [1.82, 2.24) is 0 Å². The molecule has 0 N–H and O–H groups in total. The van der Waals surface area contributed by atoms with E-state index >= 15 is 0 Å². The predicted molar refractivity (Wildman–Crippen MR) is 86.4 cm³/mol. The Morgan fingerprint density at radius 1 is 0.913 bits per heavy atom. The molecule has 2 unspecified atom stereocenters. The molecule has 1 aromatic heterocycles. The van der Waals surface area contributed by atoms with Crippen LogP contribution in [0.2, 0.25) is 0 Å². The summed E-state index contributed by atoms with van der Waals surface area (Å²) in [6.07, 6.45) is 4.90. The molecule has 5 nitrogen and oxygen atoms in total. The fourth-order valence-electron chi connectivity index (χ4n) is 1.84. The molecule has 1 aromatic rings. The third-order valence-corrected chi connectivity index (χ3v) is 2.89. The minimum Gasteiger partial charge on any atom is -0.458 e. The van der Waals surface area contributed by atoms with E-state index in [1.807, 2.05) is 0 Å². The molecule has 0 bridgehead atoms. The first kappa shape index (κ1) is 18.2. The molecule has 0 aliphatic carbocycles. The summed E-state index contributed by atoms with van der Waals surface area (Å²) in [5.41, 5.74) is 0. The first-order valence-corrected chi connectivity index (χ1v) is 7.03. The molecule has 23 heavy (non-hydrogen) atoms. The molecule has 0 saturated carbocycles. The number of rotatable bonds is 10. The van der Waals surface area contributed by atoms with E-state index < -0.39 is 24.1 Å². The summed E-state index contributed by atoms with van der Waals surface area (Å²) in [6.45, 7) is 14.0. The van der Waals surface area contributed by atoms with Crippen molar-refractivity contribution < 1.29 is 23.5 Å². The van der Waals surface area contributed by atoms with Crippen LogP contribution in [0.25, 0.3) is 0 Å². The molecule has 5 heteroatoms. The Kier molecular flexibility index (Phi) is 7.33. The lowest BCUT2D eigenvalue weighted by Crippen LogP contribution is -2.09. The van der Waals surface area contributed by atoms with Crippen molar-refractivity contribution in [2.75, 3.05) is 0 Å². The maximum atomic E-state index is 11.4. The van der Waals surface area contributed by atoms with Crippen molar-refractivity contribution in [3.8, 4) is 0 Å². The SMILES string of the molecule is C=CCC(OC(=O)C=C)c1ccc(C(CC=C)OC(=O)C=C)o1. The van der Waals surface area contributed by atoms with E-state index in [2.05, 4.69) is 26.3 Å². The number of furan rings is 1. The molecule has 0 aliphatic heterocycles. The number of carbonyl (C=O) groups excluding carboxylic acids is 2. The molecule has 0 aromatic carbocycles. The molecule has 0 amide bonds. The van der Waals surface area contributed by atoms with Crippen LogP contribution in [0.1, 0.15) is 36.6 Å². The van der Waals surface area contributed by atoms with Crippen LogP contribution in [0.4, 0.5) is 0 Å². The van der Waals surface area contributed by atoms with Crippen LogP contribution < -0.4 is 0 Å². The van der Waals surface area contributed by atoms with Gasteiger partial charge in [0.1, 0.15) is 11.5 Å². The van der Waals surface area contributed by atoms with Crippen LogP contribution in [0.15, 0.2) is 67.2 Å². The van der Waals surface area contributed by atoms with Crippen LogP contribution in [-0.4, -0.2) is 11.9 Å². The van der Waals surface area contributed by atoms with Crippen molar-refractivity contribution in [3.63, 3.8) is 0 Å². The van der Waals surface area contributed by atoms with E-state index in [1.54, 1.807) is 24.3 Å². The van der Waals surface area contributed by atoms with Crippen LogP contribution >= 0.6 is 0 Å². The minimum absolute atomic E-state index is 0.380. The maximum Gasteiger partial charge on any atom is 0.330 e. The lowest BCUT2D eigenvalue weighted by molar-refractivity contribution is -0.144. The molecular weight excluding hydrogens is 296 g/mol. The monoisotopic (exact) mass is 316 g/mol. The Bertz CT molecular complexity index is 546. The smallest absolute Gasteiger partial charge is 0.330 e. The lowest BCUT2D eigenvalue weighted by atomic mass is 10.2. The zero-order valence-electron chi connectivity index (χ0n) is 12.9. The molecule has 0 fully saturated rings. The molecule has 1 heterocycles. The van der Waals surface area contributed by atoms with E-state index in [0.29, 0.717) is 24.4 Å². The summed E-state index contributed by atoms with van der Waals surface area (Å²) in [6, 6.07) is 3.33. The van der Waals surface area contributed by atoms with Gasteiger partial charge in [-0.25, -0.2) is 9.59 Å². The average molecular weight is 316 g/mol. The van der Waals surface area contributed by atoms with Crippen molar-refractivity contribution >= 4 is 11.9 Å². The normalized spacial score (nSPS) is 12.5. The molecule has 2 atom stereocenters. The van der Waals surface area contributed by atoms with Crippen molar-refractivity contribution in [2.24, 2.45) is 0 Å². The molecule has 1 rings (SSSR count). The highest BCUT2D eigenvalue weighted by Crippen LogP contribution is 2.30. The van der Waals surface area contributed by atoms with Gasteiger partial charge >= 0.3 is 11.9 Å². The quantitative estimate of drug-likeness (QED) is 0.371. The Morgan fingerprint density at radius 2 is 1.30 bits per heavy atom. The van der Waals surface area contributed by atoms with Crippen LogP contribution in [0, 0.1) is 0 Å². The number of esters is 2. The van der Waals surface area contributed by atoms with Gasteiger partial charge in [0.15, 0.2) is 12.2 Å². The van der Waals surface area contributed by atoms with Crippen molar-refractivity contribution in [2.45, 2.75) is 25.0 Å². The third-order valence-electron chi connectivity index (χ3n) is 2.89. The molecule has 0 saturated heterocycles. The molecule has 122 valence electrons. The second kappa shape index (κ2) is 9.25. The predicted octanol–water partition coefficient (Wildman–Crippen LogP) is 3.97. The van der Waals surface area contributed by atoms with Crippen molar-refractivity contribution in [3.05, 3.63) is 74.3 Å². The van der Waals surface area contributed by atoms with E-state index in [-0.39, 0.29) is 0 Å². The van der Waals surface area contributed by atoms with E-state index in [1.165, 1.54) is 0 Å². The highest BCUT2D eigenvalue weighted by Gasteiger charge is 2.22. The average Bonchev–Trinajstić information content (AvgIpc) is 3.03. The van der Waals surface area contributed by atoms with Gasteiger partial charge in [-0.3, -0.25) is 0 Å².